The Labute approximate surface area is 129 Å². The highest BCUT2D eigenvalue weighted by Crippen LogP contribution is 2.22. The number of carbonyl (C=O) groups excluding carboxylic acids is 1. The number of anilines is 1. The Morgan fingerprint density at radius 1 is 1.14 bits per heavy atom. The highest BCUT2D eigenvalue weighted by atomic mass is 35.5. The molecule has 2 aromatic carbocycles. The van der Waals surface area contributed by atoms with Gasteiger partial charge in [-0.1, -0.05) is 48.0 Å². The number of amides is 1. The Hall–Kier alpha value is -2.00. The van der Waals surface area contributed by atoms with Crippen LogP contribution in [0.15, 0.2) is 48.5 Å². The van der Waals surface area contributed by atoms with Gasteiger partial charge in [0.1, 0.15) is 0 Å². The van der Waals surface area contributed by atoms with E-state index in [1.165, 1.54) is 5.56 Å². The van der Waals surface area contributed by atoms with Crippen molar-refractivity contribution < 1.29 is 9.53 Å². The van der Waals surface area contributed by atoms with E-state index in [-0.39, 0.29) is 0 Å². The third-order valence-electron chi connectivity index (χ3n) is 3.19. The van der Waals surface area contributed by atoms with Gasteiger partial charge in [-0.2, -0.15) is 0 Å². The molecule has 1 amide bonds. The van der Waals surface area contributed by atoms with E-state index in [2.05, 4.69) is 17.4 Å². The van der Waals surface area contributed by atoms with Gasteiger partial charge in [0.15, 0.2) is 0 Å². The van der Waals surface area contributed by atoms with E-state index in [0.29, 0.717) is 17.3 Å². The summed E-state index contributed by atoms with van der Waals surface area (Å²) >= 11 is 6.00. The van der Waals surface area contributed by atoms with Crippen molar-refractivity contribution in [2.24, 2.45) is 0 Å². The molecule has 110 valence electrons. The molecule has 0 saturated heterocycles. The average molecular weight is 304 g/mol. The number of benzene rings is 2. The van der Waals surface area contributed by atoms with Crippen LogP contribution in [-0.2, 0) is 11.2 Å². The molecule has 0 saturated carbocycles. The molecule has 2 rings (SSSR count). The molecule has 0 bridgehead atoms. The molecule has 0 radical (unpaired) electrons. The summed E-state index contributed by atoms with van der Waals surface area (Å²) in [6.07, 6.45) is 1.24. The van der Waals surface area contributed by atoms with Gasteiger partial charge < -0.3 is 4.74 Å². The first kappa shape index (κ1) is 15.4. The van der Waals surface area contributed by atoms with Gasteiger partial charge in [0.2, 0.25) is 0 Å². The molecule has 0 spiro atoms. The van der Waals surface area contributed by atoms with E-state index in [9.17, 15) is 4.79 Å². The maximum Gasteiger partial charge on any atom is 0.411 e. The third-order valence-corrected chi connectivity index (χ3v) is 3.60. The minimum atomic E-state index is -0.451. The zero-order valence-electron chi connectivity index (χ0n) is 11.9. The lowest BCUT2D eigenvalue weighted by atomic mass is 10.1. The van der Waals surface area contributed by atoms with E-state index >= 15 is 0 Å². The van der Waals surface area contributed by atoms with Crippen molar-refractivity contribution in [1.29, 1.82) is 0 Å². The number of hydrogen-bond donors (Lipinski definition) is 1. The van der Waals surface area contributed by atoms with Crippen LogP contribution >= 0.6 is 11.6 Å². The van der Waals surface area contributed by atoms with Crippen LogP contribution in [0.4, 0.5) is 10.5 Å². The topological polar surface area (TPSA) is 38.3 Å². The second-order valence-corrected chi connectivity index (χ2v) is 5.17. The number of halogens is 1. The molecule has 0 fully saturated rings. The minimum Gasteiger partial charge on any atom is -0.449 e. The van der Waals surface area contributed by atoms with Crippen LogP contribution in [-0.4, -0.2) is 12.7 Å². The molecule has 0 atom stereocenters. The number of aryl methyl sites for hydroxylation is 1. The van der Waals surface area contributed by atoms with Crippen LogP contribution in [0.25, 0.3) is 0 Å². The van der Waals surface area contributed by atoms with Gasteiger partial charge in [-0.3, -0.25) is 5.32 Å². The Bertz CT molecular complexity index is 599. The van der Waals surface area contributed by atoms with Crippen LogP contribution in [0, 0.1) is 6.92 Å². The Morgan fingerprint density at radius 2 is 1.90 bits per heavy atom. The van der Waals surface area contributed by atoms with Gasteiger partial charge in [-0.25, -0.2) is 4.79 Å². The smallest absolute Gasteiger partial charge is 0.411 e. The first-order valence-corrected chi connectivity index (χ1v) is 7.27. The number of carbonyl (C=O) groups is 1. The fourth-order valence-electron chi connectivity index (χ4n) is 1.97. The first-order chi connectivity index (χ1) is 10.2. The molecule has 0 aromatic heterocycles. The van der Waals surface area contributed by atoms with Crippen molar-refractivity contribution >= 4 is 23.4 Å². The molecule has 0 heterocycles. The average Bonchev–Trinajstić information content (AvgIpc) is 2.49. The highest BCUT2D eigenvalue weighted by Gasteiger charge is 2.07. The fourth-order valence-corrected chi connectivity index (χ4v) is 2.15. The molecular formula is C17H18ClNO2. The summed E-state index contributed by atoms with van der Waals surface area (Å²) in [4.78, 5) is 11.7. The molecule has 21 heavy (non-hydrogen) atoms. The third kappa shape index (κ3) is 4.80. The quantitative estimate of drug-likeness (QED) is 0.803. The van der Waals surface area contributed by atoms with Crippen LogP contribution < -0.4 is 5.32 Å². The number of ether oxygens (including phenoxy) is 1. The second-order valence-electron chi connectivity index (χ2n) is 4.76. The van der Waals surface area contributed by atoms with Gasteiger partial charge in [-0.05, 0) is 43.0 Å². The van der Waals surface area contributed by atoms with Gasteiger partial charge in [-0.15, -0.1) is 0 Å². The minimum absolute atomic E-state index is 0.389. The lowest BCUT2D eigenvalue weighted by Gasteiger charge is -2.10. The molecule has 4 heteroatoms. The predicted molar refractivity (Wildman–Crippen MR) is 85.9 cm³/mol. The molecule has 2 aromatic rings. The van der Waals surface area contributed by atoms with Gasteiger partial charge in [0.05, 0.1) is 6.61 Å². The summed E-state index contributed by atoms with van der Waals surface area (Å²) in [5, 5.41) is 3.33. The van der Waals surface area contributed by atoms with Crippen LogP contribution in [0.1, 0.15) is 17.5 Å². The Kier molecular flexibility index (Phi) is 5.64. The van der Waals surface area contributed by atoms with Crippen LogP contribution in [0.2, 0.25) is 5.02 Å². The molecule has 0 unspecified atom stereocenters. The summed E-state index contributed by atoms with van der Waals surface area (Å²) in [7, 11) is 0. The zero-order chi connectivity index (χ0) is 15.1. The van der Waals surface area contributed by atoms with E-state index in [1.807, 2.05) is 25.1 Å². The summed E-state index contributed by atoms with van der Waals surface area (Å²) < 4.78 is 5.17. The molecular weight excluding hydrogens is 286 g/mol. The van der Waals surface area contributed by atoms with Crippen molar-refractivity contribution in [2.45, 2.75) is 19.8 Å². The number of rotatable bonds is 5. The fraction of sp³-hybridized carbons (Fsp3) is 0.235. The van der Waals surface area contributed by atoms with Crippen LogP contribution in [0.3, 0.4) is 0 Å². The van der Waals surface area contributed by atoms with Crippen molar-refractivity contribution in [2.75, 3.05) is 11.9 Å². The first-order valence-electron chi connectivity index (χ1n) is 6.89. The molecule has 0 aliphatic rings. The molecule has 3 nitrogen and oxygen atoms in total. The van der Waals surface area contributed by atoms with Gasteiger partial charge in [0.25, 0.3) is 0 Å². The predicted octanol–water partition coefficient (Wildman–Crippen LogP) is 4.83. The Balaban J connectivity index is 1.74. The van der Waals surface area contributed by atoms with Gasteiger partial charge in [0, 0.05) is 10.7 Å². The zero-order valence-corrected chi connectivity index (χ0v) is 12.7. The summed E-state index contributed by atoms with van der Waals surface area (Å²) in [6, 6.07) is 15.5. The largest absolute Gasteiger partial charge is 0.449 e. The van der Waals surface area contributed by atoms with E-state index in [0.717, 1.165) is 18.4 Å². The molecule has 0 aliphatic carbocycles. The van der Waals surface area contributed by atoms with E-state index < -0.39 is 6.09 Å². The van der Waals surface area contributed by atoms with Crippen LogP contribution in [0.5, 0.6) is 0 Å². The maximum atomic E-state index is 11.7. The second kappa shape index (κ2) is 7.70. The molecule has 0 aliphatic heterocycles. The Morgan fingerprint density at radius 3 is 2.67 bits per heavy atom. The number of nitrogens with one attached hydrogen (secondary N) is 1. The van der Waals surface area contributed by atoms with Gasteiger partial charge >= 0.3 is 6.09 Å². The molecule has 1 N–H and O–H groups in total. The SMILES string of the molecule is Cc1c(Cl)cccc1NC(=O)OCCCc1ccccc1. The highest BCUT2D eigenvalue weighted by molar-refractivity contribution is 6.31. The lowest BCUT2D eigenvalue weighted by molar-refractivity contribution is 0.160. The van der Waals surface area contributed by atoms with E-state index in [1.54, 1.807) is 18.2 Å². The lowest BCUT2D eigenvalue weighted by Crippen LogP contribution is -2.15. The maximum absolute atomic E-state index is 11.7. The summed E-state index contributed by atoms with van der Waals surface area (Å²) in [6.45, 7) is 2.24. The van der Waals surface area contributed by atoms with Crippen molar-refractivity contribution in [3.8, 4) is 0 Å². The number of hydrogen-bond acceptors (Lipinski definition) is 2. The summed E-state index contributed by atoms with van der Waals surface area (Å²) in [5.74, 6) is 0. The van der Waals surface area contributed by atoms with Crippen molar-refractivity contribution in [3.63, 3.8) is 0 Å². The summed E-state index contributed by atoms with van der Waals surface area (Å²) in [5.41, 5.74) is 2.75. The van der Waals surface area contributed by atoms with Crippen molar-refractivity contribution in [3.05, 3.63) is 64.7 Å². The standard InChI is InChI=1S/C17H18ClNO2/c1-13-15(18)10-5-11-16(13)19-17(20)21-12-6-9-14-7-3-2-4-8-14/h2-5,7-8,10-11H,6,9,12H2,1H3,(H,19,20). The monoisotopic (exact) mass is 303 g/mol. The van der Waals surface area contributed by atoms with Crippen molar-refractivity contribution in [1.82, 2.24) is 0 Å². The normalized spacial score (nSPS) is 10.2. The van der Waals surface area contributed by atoms with E-state index in [4.69, 9.17) is 16.3 Å².